The first kappa shape index (κ1) is 20.4. The Bertz CT molecular complexity index is 966. The number of nitrogens with one attached hydrogen (secondary N) is 1. The molecule has 0 aliphatic heterocycles. The molecular formula is C24H25NO4. The third kappa shape index (κ3) is 6.07. The van der Waals surface area contributed by atoms with E-state index in [1.54, 1.807) is 24.3 Å². The quantitative estimate of drug-likeness (QED) is 0.411. The van der Waals surface area contributed by atoms with E-state index in [2.05, 4.69) is 5.32 Å². The van der Waals surface area contributed by atoms with Crippen LogP contribution in [0.4, 0.5) is 0 Å². The Morgan fingerprint density at radius 1 is 0.828 bits per heavy atom. The molecule has 0 unspecified atom stereocenters. The standard InChI is InChI=1S/C24H25NO4/c1-2-28-21-10-8-19(9-11-21)23(26)13-14-24(27)25-15-16-29-22-12-7-18-5-3-4-6-20(18)17-22/h3-12,17H,2,13-16H2,1H3,(H,25,27). The summed E-state index contributed by atoms with van der Waals surface area (Å²) in [6.45, 7) is 3.25. The summed E-state index contributed by atoms with van der Waals surface area (Å²) >= 11 is 0. The van der Waals surface area contributed by atoms with Crippen molar-refractivity contribution >= 4 is 22.5 Å². The second kappa shape index (κ2) is 10.3. The van der Waals surface area contributed by atoms with E-state index in [-0.39, 0.29) is 24.5 Å². The SMILES string of the molecule is CCOc1ccc(C(=O)CCC(=O)NCCOc2ccc3ccccc3c2)cc1. The van der Waals surface area contributed by atoms with Crippen molar-refractivity contribution in [2.45, 2.75) is 19.8 Å². The summed E-state index contributed by atoms with van der Waals surface area (Å²) in [7, 11) is 0. The summed E-state index contributed by atoms with van der Waals surface area (Å²) in [5.74, 6) is 1.28. The number of ether oxygens (including phenoxy) is 2. The zero-order chi connectivity index (χ0) is 20.5. The summed E-state index contributed by atoms with van der Waals surface area (Å²) in [6, 6.07) is 21.0. The zero-order valence-electron chi connectivity index (χ0n) is 16.5. The molecule has 0 aliphatic rings. The first-order valence-electron chi connectivity index (χ1n) is 9.80. The van der Waals surface area contributed by atoms with E-state index in [0.29, 0.717) is 25.3 Å². The van der Waals surface area contributed by atoms with Gasteiger partial charge in [0.15, 0.2) is 5.78 Å². The van der Waals surface area contributed by atoms with Gasteiger partial charge in [-0.15, -0.1) is 0 Å². The second-order valence-electron chi connectivity index (χ2n) is 6.59. The number of rotatable bonds is 10. The number of ketones is 1. The monoisotopic (exact) mass is 391 g/mol. The van der Waals surface area contributed by atoms with Crippen molar-refractivity contribution in [3.05, 3.63) is 72.3 Å². The molecule has 5 nitrogen and oxygen atoms in total. The molecule has 0 aliphatic carbocycles. The van der Waals surface area contributed by atoms with Crippen molar-refractivity contribution in [3.8, 4) is 11.5 Å². The Hall–Kier alpha value is -3.34. The molecular weight excluding hydrogens is 366 g/mol. The number of hydrogen-bond acceptors (Lipinski definition) is 4. The molecule has 0 atom stereocenters. The van der Waals surface area contributed by atoms with Crippen LogP contribution in [0.25, 0.3) is 10.8 Å². The summed E-state index contributed by atoms with van der Waals surface area (Å²) in [5, 5.41) is 5.06. The highest BCUT2D eigenvalue weighted by molar-refractivity contribution is 5.98. The zero-order valence-corrected chi connectivity index (χ0v) is 16.5. The van der Waals surface area contributed by atoms with Crippen molar-refractivity contribution in [1.82, 2.24) is 5.32 Å². The van der Waals surface area contributed by atoms with Gasteiger partial charge in [-0.25, -0.2) is 0 Å². The molecule has 1 N–H and O–H groups in total. The fourth-order valence-electron chi connectivity index (χ4n) is 2.98. The Balaban J connectivity index is 1.36. The minimum Gasteiger partial charge on any atom is -0.494 e. The van der Waals surface area contributed by atoms with E-state index < -0.39 is 0 Å². The predicted molar refractivity (Wildman–Crippen MR) is 114 cm³/mol. The van der Waals surface area contributed by atoms with Crippen molar-refractivity contribution in [2.75, 3.05) is 19.8 Å². The molecule has 0 heterocycles. The Labute approximate surface area is 170 Å². The molecule has 29 heavy (non-hydrogen) atoms. The number of hydrogen-bond donors (Lipinski definition) is 1. The lowest BCUT2D eigenvalue weighted by atomic mass is 10.1. The third-order valence-corrected chi connectivity index (χ3v) is 4.48. The van der Waals surface area contributed by atoms with Crippen LogP contribution in [-0.2, 0) is 4.79 Å². The van der Waals surface area contributed by atoms with Crippen molar-refractivity contribution in [1.29, 1.82) is 0 Å². The summed E-state index contributed by atoms with van der Waals surface area (Å²) in [6.07, 6.45) is 0.327. The van der Waals surface area contributed by atoms with Crippen LogP contribution in [0.15, 0.2) is 66.7 Å². The van der Waals surface area contributed by atoms with Crippen LogP contribution in [0.3, 0.4) is 0 Å². The largest absolute Gasteiger partial charge is 0.494 e. The van der Waals surface area contributed by atoms with Gasteiger partial charge in [0, 0.05) is 18.4 Å². The van der Waals surface area contributed by atoms with Crippen LogP contribution in [0, 0.1) is 0 Å². The topological polar surface area (TPSA) is 64.6 Å². The highest BCUT2D eigenvalue weighted by atomic mass is 16.5. The molecule has 0 bridgehead atoms. The van der Waals surface area contributed by atoms with E-state index >= 15 is 0 Å². The maximum atomic E-state index is 12.2. The van der Waals surface area contributed by atoms with E-state index in [4.69, 9.17) is 9.47 Å². The molecule has 1 amide bonds. The average molecular weight is 391 g/mol. The Morgan fingerprint density at radius 3 is 2.31 bits per heavy atom. The van der Waals surface area contributed by atoms with Crippen LogP contribution in [0.5, 0.6) is 11.5 Å². The Morgan fingerprint density at radius 2 is 1.55 bits per heavy atom. The van der Waals surface area contributed by atoms with Gasteiger partial charge in [-0.2, -0.15) is 0 Å². The maximum absolute atomic E-state index is 12.2. The number of carbonyl (C=O) groups is 2. The average Bonchev–Trinajstić information content (AvgIpc) is 2.75. The number of Topliss-reactive ketones (excluding diaryl/α,β-unsaturated/α-hetero) is 1. The highest BCUT2D eigenvalue weighted by Gasteiger charge is 2.09. The van der Waals surface area contributed by atoms with Crippen molar-refractivity contribution in [2.24, 2.45) is 0 Å². The number of benzene rings is 3. The normalized spacial score (nSPS) is 10.5. The first-order valence-corrected chi connectivity index (χ1v) is 9.80. The lowest BCUT2D eigenvalue weighted by molar-refractivity contribution is -0.121. The van der Waals surface area contributed by atoms with Crippen LogP contribution in [0.2, 0.25) is 0 Å². The van der Waals surface area contributed by atoms with E-state index in [1.807, 2.05) is 49.4 Å². The smallest absolute Gasteiger partial charge is 0.220 e. The van der Waals surface area contributed by atoms with Crippen molar-refractivity contribution < 1.29 is 19.1 Å². The van der Waals surface area contributed by atoms with Crippen molar-refractivity contribution in [3.63, 3.8) is 0 Å². The lowest BCUT2D eigenvalue weighted by Gasteiger charge is -2.09. The predicted octanol–water partition coefficient (Wildman–Crippen LogP) is 4.40. The molecule has 3 aromatic rings. The number of amides is 1. The van der Waals surface area contributed by atoms with E-state index in [0.717, 1.165) is 22.3 Å². The fraction of sp³-hybridized carbons (Fsp3) is 0.250. The maximum Gasteiger partial charge on any atom is 0.220 e. The van der Waals surface area contributed by atoms with Gasteiger partial charge >= 0.3 is 0 Å². The number of fused-ring (bicyclic) bond motifs is 1. The highest BCUT2D eigenvalue weighted by Crippen LogP contribution is 2.20. The van der Waals surface area contributed by atoms with Gasteiger partial charge in [0.1, 0.15) is 18.1 Å². The van der Waals surface area contributed by atoms with Gasteiger partial charge in [0.25, 0.3) is 0 Å². The molecule has 0 radical (unpaired) electrons. The van der Waals surface area contributed by atoms with E-state index in [9.17, 15) is 9.59 Å². The fourth-order valence-corrected chi connectivity index (χ4v) is 2.98. The lowest BCUT2D eigenvalue weighted by Crippen LogP contribution is -2.28. The molecule has 3 rings (SSSR count). The van der Waals surface area contributed by atoms with Gasteiger partial charge in [-0.3, -0.25) is 9.59 Å². The van der Waals surface area contributed by atoms with Gasteiger partial charge in [0.2, 0.25) is 5.91 Å². The molecule has 5 heteroatoms. The minimum absolute atomic E-state index is 0.0596. The Kier molecular flexibility index (Phi) is 7.22. The van der Waals surface area contributed by atoms with Gasteiger partial charge in [-0.1, -0.05) is 30.3 Å². The molecule has 0 fully saturated rings. The second-order valence-corrected chi connectivity index (χ2v) is 6.59. The summed E-state index contributed by atoms with van der Waals surface area (Å²) in [4.78, 5) is 24.2. The van der Waals surface area contributed by atoms with Crippen LogP contribution >= 0.6 is 0 Å². The van der Waals surface area contributed by atoms with Crippen LogP contribution in [0.1, 0.15) is 30.1 Å². The molecule has 3 aromatic carbocycles. The van der Waals surface area contributed by atoms with Gasteiger partial charge in [-0.05, 0) is 54.1 Å². The molecule has 150 valence electrons. The molecule has 0 spiro atoms. The van der Waals surface area contributed by atoms with Crippen LogP contribution < -0.4 is 14.8 Å². The number of carbonyl (C=O) groups excluding carboxylic acids is 2. The molecule has 0 saturated carbocycles. The van der Waals surface area contributed by atoms with Crippen LogP contribution in [-0.4, -0.2) is 31.4 Å². The van der Waals surface area contributed by atoms with E-state index in [1.165, 1.54) is 0 Å². The van der Waals surface area contributed by atoms with Gasteiger partial charge in [0.05, 0.1) is 13.2 Å². The molecule has 0 aromatic heterocycles. The third-order valence-electron chi connectivity index (χ3n) is 4.48. The minimum atomic E-state index is -0.161. The molecule has 0 saturated heterocycles. The summed E-state index contributed by atoms with van der Waals surface area (Å²) in [5.41, 5.74) is 0.584. The summed E-state index contributed by atoms with van der Waals surface area (Å²) < 4.78 is 11.1. The first-order chi connectivity index (χ1) is 14.2. The van der Waals surface area contributed by atoms with Gasteiger partial charge < -0.3 is 14.8 Å².